The van der Waals surface area contributed by atoms with Gasteiger partial charge in [0.15, 0.2) is 0 Å². The van der Waals surface area contributed by atoms with Gasteiger partial charge in [-0.3, -0.25) is 10.1 Å². The van der Waals surface area contributed by atoms with Crippen LogP contribution in [0.1, 0.15) is 6.92 Å². The maximum Gasteiger partial charge on any atom is 0.322 e. The van der Waals surface area contributed by atoms with Gasteiger partial charge in [-0.2, -0.15) is 5.26 Å². The first-order valence-corrected chi connectivity index (χ1v) is 5.13. The van der Waals surface area contributed by atoms with Crippen LogP contribution in [0.5, 0.6) is 0 Å². The first kappa shape index (κ1) is 13.4. The first-order valence-electron chi connectivity index (χ1n) is 5.13. The molecule has 1 aromatic rings. The van der Waals surface area contributed by atoms with E-state index in [1.54, 1.807) is 6.92 Å². The second kappa shape index (κ2) is 5.63. The minimum atomic E-state index is -0.553. The zero-order valence-electron chi connectivity index (χ0n) is 9.95. The Hall–Kier alpha value is -2.62. The van der Waals surface area contributed by atoms with Gasteiger partial charge in [-0.1, -0.05) is 0 Å². The molecule has 1 aromatic carbocycles. The van der Waals surface area contributed by atoms with E-state index in [0.717, 1.165) is 0 Å². The normalized spacial score (nSPS) is 11.2. The lowest BCUT2D eigenvalue weighted by Crippen LogP contribution is -2.37. The fourth-order valence-electron chi connectivity index (χ4n) is 1.14. The van der Waals surface area contributed by atoms with Crippen molar-refractivity contribution in [2.24, 2.45) is 0 Å². The summed E-state index contributed by atoms with van der Waals surface area (Å²) in [6, 6.07) is 6.38. The summed E-state index contributed by atoms with van der Waals surface area (Å²) in [5, 5.41) is 21.7. The van der Waals surface area contributed by atoms with Gasteiger partial charge in [-0.15, -0.1) is 0 Å². The Morgan fingerprint density at radius 2 is 2.06 bits per heavy atom. The van der Waals surface area contributed by atoms with Crippen LogP contribution >= 0.6 is 0 Å². The molecule has 0 saturated heterocycles. The van der Waals surface area contributed by atoms with Crippen LogP contribution in [-0.4, -0.2) is 28.9 Å². The molecule has 1 unspecified atom stereocenters. The summed E-state index contributed by atoms with van der Waals surface area (Å²) in [6.07, 6.45) is 0. The summed E-state index contributed by atoms with van der Waals surface area (Å²) in [4.78, 5) is 22.8. The third kappa shape index (κ3) is 3.18. The molecule has 94 valence electrons. The number of nitrogens with zero attached hydrogens (tertiary/aromatic N) is 3. The van der Waals surface area contributed by atoms with Gasteiger partial charge in [0, 0.05) is 24.9 Å². The largest absolute Gasteiger partial charge is 0.322 e. The topological polar surface area (TPSA) is 99.3 Å². The quantitative estimate of drug-likeness (QED) is 0.652. The van der Waals surface area contributed by atoms with Gasteiger partial charge >= 0.3 is 6.03 Å². The van der Waals surface area contributed by atoms with Crippen LogP contribution in [0.3, 0.4) is 0 Å². The van der Waals surface area contributed by atoms with Crippen molar-refractivity contribution in [1.29, 1.82) is 5.26 Å². The average Bonchev–Trinajstić information content (AvgIpc) is 2.37. The molecular formula is C11H12N4O3. The first-order chi connectivity index (χ1) is 8.45. The van der Waals surface area contributed by atoms with Crippen LogP contribution in [0.15, 0.2) is 24.3 Å². The Balaban J connectivity index is 2.71. The zero-order chi connectivity index (χ0) is 13.7. The Bertz CT molecular complexity index is 492. The Morgan fingerprint density at radius 3 is 2.50 bits per heavy atom. The number of nitriles is 1. The maximum atomic E-state index is 11.7. The molecule has 0 heterocycles. The van der Waals surface area contributed by atoms with Crippen molar-refractivity contribution in [3.8, 4) is 6.07 Å². The van der Waals surface area contributed by atoms with Crippen molar-refractivity contribution in [1.82, 2.24) is 4.90 Å². The fraction of sp³-hybridized carbons (Fsp3) is 0.273. The molecule has 0 aliphatic heterocycles. The molecule has 7 heteroatoms. The number of urea groups is 1. The summed E-state index contributed by atoms with van der Waals surface area (Å²) < 4.78 is 0. The van der Waals surface area contributed by atoms with E-state index in [9.17, 15) is 14.9 Å². The Labute approximate surface area is 104 Å². The van der Waals surface area contributed by atoms with Crippen LogP contribution in [0.2, 0.25) is 0 Å². The molecule has 0 fully saturated rings. The third-order valence-electron chi connectivity index (χ3n) is 2.42. The highest BCUT2D eigenvalue weighted by Crippen LogP contribution is 2.15. The summed E-state index contributed by atoms with van der Waals surface area (Å²) in [5.41, 5.74) is 0.384. The van der Waals surface area contributed by atoms with Gasteiger partial charge in [0.2, 0.25) is 0 Å². The molecule has 18 heavy (non-hydrogen) atoms. The fourth-order valence-corrected chi connectivity index (χ4v) is 1.14. The molecule has 0 aromatic heterocycles. The Morgan fingerprint density at radius 1 is 1.50 bits per heavy atom. The van der Waals surface area contributed by atoms with Crippen LogP contribution < -0.4 is 5.32 Å². The zero-order valence-corrected chi connectivity index (χ0v) is 9.95. The molecule has 7 nitrogen and oxygen atoms in total. The smallest absolute Gasteiger partial charge is 0.312 e. The van der Waals surface area contributed by atoms with Crippen LogP contribution in [0.4, 0.5) is 16.2 Å². The summed E-state index contributed by atoms with van der Waals surface area (Å²) in [5.74, 6) is 0. The van der Waals surface area contributed by atoms with Gasteiger partial charge in [0.1, 0.15) is 6.04 Å². The molecule has 0 bridgehead atoms. The van der Waals surface area contributed by atoms with Crippen LogP contribution in [0.25, 0.3) is 0 Å². The van der Waals surface area contributed by atoms with E-state index in [1.807, 2.05) is 6.07 Å². The van der Waals surface area contributed by atoms with E-state index in [-0.39, 0.29) is 5.69 Å². The number of benzene rings is 1. The molecule has 0 aliphatic rings. The number of carbonyl (C=O) groups is 1. The molecule has 1 atom stereocenters. The monoisotopic (exact) mass is 248 g/mol. The third-order valence-corrected chi connectivity index (χ3v) is 2.42. The molecule has 2 amide bonds. The molecule has 1 N–H and O–H groups in total. The van der Waals surface area contributed by atoms with E-state index in [0.29, 0.717) is 5.69 Å². The van der Waals surface area contributed by atoms with Crippen LogP contribution in [0, 0.1) is 21.4 Å². The lowest BCUT2D eigenvalue weighted by atomic mass is 10.3. The lowest BCUT2D eigenvalue weighted by molar-refractivity contribution is -0.384. The van der Waals surface area contributed by atoms with E-state index < -0.39 is 17.0 Å². The predicted molar refractivity (Wildman–Crippen MR) is 65.0 cm³/mol. The maximum absolute atomic E-state index is 11.7. The van der Waals surface area contributed by atoms with E-state index in [4.69, 9.17) is 5.26 Å². The second-order valence-corrected chi connectivity index (χ2v) is 3.65. The highest BCUT2D eigenvalue weighted by molar-refractivity contribution is 5.89. The van der Waals surface area contributed by atoms with Crippen molar-refractivity contribution >= 4 is 17.4 Å². The SMILES string of the molecule is CC(C#N)N(C)C(=O)Nc1ccc([N+](=O)[O-])cc1. The number of hydrogen-bond donors (Lipinski definition) is 1. The number of hydrogen-bond acceptors (Lipinski definition) is 4. The summed E-state index contributed by atoms with van der Waals surface area (Å²) >= 11 is 0. The number of nitrogens with one attached hydrogen (secondary N) is 1. The number of rotatable bonds is 3. The molecule has 0 saturated carbocycles. The number of amides is 2. The van der Waals surface area contributed by atoms with E-state index >= 15 is 0 Å². The van der Waals surface area contributed by atoms with Crippen molar-refractivity contribution < 1.29 is 9.72 Å². The highest BCUT2D eigenvalue weighted by Gasteiger charge is 2.15. The number of nitro benzene ring substituents is 1. The van der Waals surface area contributed by atoms with Gasteiger partial charge in [-0.25, -0.2) is 4.79 Å². The summed E-state index contributed by atoms with van der Waals surface area (Å²) in [7, 11) is 1.49. The number of carbonyl (C=O) groups excluding carboxylic acids is 1. The molecule has 0 aliphatic carbocycles. The minimum Gasteiger partial charge on any atom is -0.312 e. The lowest BCUT2D eigenvalue weighted by Gasteiger charge is -2.19. The van der Waals surface area contributed by atoms with Gasteiger partial charge in [0.25, 0.3) is 5.69 Å². The highest BCUT2D eigenvalue weighted by atomic mass is 16.6. The standard InChI is InChI=1S/C11H12N4O3/c1-8(7-12)14(2)11(16)13-9-3-5-10(6-4-9)15(17)18/h3-6,8H,1-2H3,(H,13,16). The van der Waals surface area contributed by atoms with Crippen LogP contribution in [-0.2, 0) is 0 Å². The minimum absolute atomic E-state index is 0.0493. The van der Waals surface area contributed by atoms with Crippen molar-refractivity contribution in [2.45, 2.75) is 13.0 Å². The molecule has 1 rings (SSSR count). The molecule has 0 radical (unpaired) electrons. The number of nitro groups is 1. The number of anilines is 1. The Kier molecular flexibility index (Phi) is 4.21. The summed E-state index contributed by atoms with van der Waals surface area (Å²) in [6.45, 7) is 1.59. The van der Waals surface area contributed by atoms with Crippen molar-refractivity contribution in [3.63, 3.8) is 0 Å². The van der Waals surface area contributed by atoms with Crippen molar-refractivity contribution in [2.75, 3.05) is 12.4 Å². The molecular weight excluding hydrogens is 236 g/mol. The number of non-ortho nitro benzene ring substituents is 1. The van der Waals surface area contributed by atoms with E-state index in [2.05, 4.69) is 5.32 Å². The van der Waals surface area contributed by atoms with Gasteiger partial charge in [0.05, 0.1) is 11.0 Å². The van der Waals surface area contributed by atoms with E-state index in [1.165, 1.54) is 36.2 Å². The predicted octanol–water partition coefficient (Wildman–Crippen LogP) is 1.97. The van der Waals surface area contributed by atoms with Gasteiger partial charge in [-0.05, 0) is 19.1 Å². The van der Waals surface area contributed by atoms with Crippen molar-refractivity contribution in [3.05, 3.63) is 34.4 Å². The molecule has 0 spiro atoms. The second-order valence-electron chi connectivity index (χ2n) is 3.65. The average molecular weight is 248 g/mol. The van der Waals surface area contributed by atoms with Gasteiger partial charge < -0.3 is 10.2 Å².